The predicted octanol–water partition coefficient (Wildman–Crippen LogP) is 5.92. The molecule has 0 radical (unpaired) electrons. The first-order chi connectivity index (χ1) is 19.9. The summed E-state index contributed by atoms with van der Waals surface area (Å²) in [5.74, 6) is 0.483. The summed E-state index contributed by atoms with van der Waals surface area (Å²) in [6, 6.07) is 9.77. The number of piperazine rings is 1. The molecule has 4 aromatic rings. The molecule has 6 rings (SSSR count). The third-order valence-electron chi connectivity index (χ3n) is 7.89. The number of rotatable bonds is 8. The van der Waals surface area contributed by atoms with E-state index in [2.05, 4.69) is 30.3 Å². The Morgan fingerprint density at radius 3 is 2.64 bits per heavy atom. The number of aromatic nitrogens is 5. The third-order valence-corrected chi connectivity index (χ3v) is 8.82. The number of fused-ring (bicyclic) bond motifs is 1. The van der Waals surface area contributed by atoms with Gasteiger partial charge in [-0.1, -0.05) is 6.07 Å². The van der Waals surface area contributed by atoms with E-state index in [0.717, 1.165) is 34.1 Å². The lowest BCUT2D eigenvalue weighted by atomic mass is 10.1. The number of H-pyrrole nitrogens is 1. The lowest BCUT2D eigenvalue weighted by Gasteiger charge is -2.38. The molecule has 3 aromatic heterocycles. The van der Waals surface area contributed by atoms with Crippen LogP contribution in [-0.4, -0.2) is 77.1 Å². The van der Waals surface area contributed by atoms with Crippen LogP contribution in [0.5, 0.6) is 0 Å². The first-order valence-corrected chi connectivity index (χ1v) is 14.4. The standard InChI is InChI=1S/C28H29Cl2F3N8O/c1-17(39-6-8-40(9-7-39)25(42)13-28(31,32)33)18-4-5-34-24(11-18)38-26-36-22-3-2-19(10-23(22)37-26)20-14-35-41(15-20)16-21-12-27(21,29)30/h2-5,10-11,14-15,17,21H,6-9,12-13,16H2,1H3,(H2,34,36,37,38). The van der Waals surface area contributed by atoms with Crippen LogP contribution < -0.4 is 5.32 Å². The fraction of sp³-hybridized carbons (Fsp3) is 0.429. The number of nitrogens with one attached hydrogen (secondary N) is 2. The largest absolute Gasteiger partial charge is 0.397 e. The molecule has 1 aromatic carbocycles. The highest BCUT2D eigenvalue weighted by atomic mass is 35.5. The van der Waals surface area contributed by atoms with Crippen LogP contribution in [0, 0.1) is 5.92 Å². The van der Waals surface area contributed by atoms with Crippen molar-refractivity contribution in [3.8, 4) is 11.1 Å². The second-order valence-corrected chi connectivity index (χ2v) is 12.5. The highest BCUT2D eigenvalue weighted by Gasteiger charge is 2.51. The van der Waals surface area contributed by atoms with E-state index in [-0.39, 0.29) is 25.0 Å². The predicted molar refractivity (Wildman–Crippen MR) is 155 cm³/mol. The molecule has 222 valence electrons. The number of anilines is 2. The van der Waals surface area contributed by atoms with Gasteiger partial charge in [-0.25, -0.2) is 9.97 Å². The van der Waals surface area contributed by atoms with E-state index in [9.17, 15) is 18.0 Å². The van der Waals surface area contributed by atoms with E-state index in [0.29, 0.717) is 31.4 Å². The summed E-state index contributed by atoms with van der Waals surface area (Å²) in [5, 5.41) is 7.69. The molecule has 42 heavy (non-hydrogen) atoms. The number of pyridine rings is 1. The molecule has 2 aliphatic rings. The Morgan fingerprint density at radius 2 is 1.93 bits per heavy atom. The van der Waals surface area contributed by atoms with Crippen LogP contribution in [0.2, 0.25) is 0 Å². The zero-order chi connectivity index (χ0) is 29.6. The Labute approximate surface area is 250 Å². The zero-order valence-electron chi connectivity index (χ0n) is 22.7. The molecule has 9 nitrogen and oxygen atoms in total. The number of hydrogen-bond donors (Lipinski definition) is 2. The topological polar surface area (TPSA) is 95.0 Å². The quantitative estimate of drug-likeness (QED) is 0.238. The van der Waals surface area contributed by atoms with Crippen LogP contribution in [0.1, 0.15) is 31.4 Å². The Kier molecular flexibility index (Phi) is 7.57. The van der Waals surface area contributed by atoms with Gasteiger partial charge in [0.15, 0.2) is 0 Å². The average Bonchev–Trinajstić information content (AvgIpc) is 3.27. The van der Waals surface area contributed by atoms with E-state index in [4.69, 9.17) is 23.2 Å². The highest BCUT2D eigenvalue weighted by molar-refractivity contribution is 6.50. The van der Waals surface area contributed by atoms with Gasteiger partial charge in [-0.3, -0.25) is 14.4 Å². The molecule has 1 saturated heterocycles. The fourth-order valence-electron chi connectivity index (χ4n) is 5.30. The lowest BCUT2D eigenvalue weighted by molar-refractivity contribution is -0.162. The van der Waals surface area contributed by atoms with Gasteiger partial charge in [-0.05, 0) is 48.7 Å². The molecule has 2 unspecified atom stereocenters. The van der Waals surface area contributed by atoms with Crippen molar-refractivity contribution in [3.05, 3.63) is 54.5 Å². The zero-order valence-corrected chi connectivity index (χ0v) is 24.2. The maximum Gasteiger partial charge on any atom is 0.397 e. The van der Waals surface area contributed by atoms with Crippen LogP contribution in [0.25, 0.3) is 22.2 Å². The number of carbonyl (C=O) groups is 1. The minimum atomic E-state index is -4.49. The van der Waals surface area contributed by atoms with Crippen LogP contribution >= 0.6 is 23.2 Å². The smallest absolute Gasteiger partial charge is 0.340 e. The Morgan fingerprint density at radius 1 is 1.17 bits per heavy atom. The molecule has 0 bridgehead atoms. The van der Waals surface area contributed by atoms with Crippen molar-refractivity contribution in [2.24, 2.45) is 5.92 Å². The first kappa shape index (κ1) is 28.8. The van der Waals surface area contributed by atoms with Gasteiger partial charge in [0.25, 0.3) is 0 Å². The normalized spacial score (nSPS) is 19.7. The van der Waals surface area contributed by atoms with Gasteiger partial charge >= 0.3 is 6.18 Å². The van der Waals surface area contributed by atoms with Gasteiger partial charge < -0.3 is 15.2 Å². The molecule has 0 spiro atoms. The second kappa shape index (κ2) is 11.1. The molecule has 2 atom stereocenters. The average molecular weight is 621 g/mol. The summed E-state index contributed by atoms with van der Waals surface area (Å²) in [5.41, 5.74) is 4.61. The van der Waals surface area contributed by atoms with Crippen molar-refractivity contribution in [1.82, 2.24) is 34.5 Å². The molecule has 1 aliphatic carbocycles. The van der Waals surface area contributed by atoms with Gasteiger partial charge in [-0.2, -0.15) is 18.3 Å². The molecule has 2 fully saturated rings. The lowest BCUT2D eigenvalue weighted by Crippen LogP contribution is -2.50. The van der Waals surface area contributed by atoms with E-state index in [1.807, 2.05) is 54.3 Å². The van der Waals surface area contributed by atoms with Crippen molar-refractivity contribution in [2.45, 2.75) is 42.9 Å². The molecule has 1 saturated carbocycles. The van der Waals surface area contributed by atoms with Gasteiger partial charge in [0, 0.05) is 62.6 Å². The Hall–Kier alpha value is -3.35. The summed E-state index contributed by atoms with van der Waals surface area (Å²) >= 11 is 12.3. The minimum absolute atomic E-state index is 0.0160. The number of imidazole rings is 1. The van der Waals surface area contributed by atoms with Crippen molar-refractivity contribution >= 4 is 51.9 Å². The van der Waals surface area contributed by atoms with E-state index < -0.39 is 22.8 Å². The Bertz CT molecular complexity index is 1600. The van der Waals surface area contributed by atoms with Crippen LogP contribution in [0.15, 0.2) is 48.9 Å². The van der Waals surface area contributed by atoms with Crippen LogP contribution in [-0.2, 0) is 11.3 Å². The summed E-state index contributed by atoms with van der Waals surface area (Å²) in [7, 11) is 0. The number of halogens is 5. The van der Waals surface area contributed by atoms with Crippen molar-refractivity contribution in [1.29, 1.82) is 0 Å². The number of alkyl halides is 5. The van der Waals surface area contributed by atoms with Gasteiger partial charge in [0.2, 0.25) is 11.9 Å². The molecule has 4 heterocycles. The van der Waals surface area contributed by atoms with Gasteiger partial charge in [-0.15, -0.1) is 23.2 Å². The second-order valence-electron chi connectivity index (χ2n) is 10.9. The van der Waals surface area contributed by atoms with Gasteiger partial charge in [0.1, 0.15) is 16.6 Å². The molecule has 1 amide bonds. The van der Waals surface area contributed by atoms with Crippen molar-refractivity contribution in [2.75, 3.05) is 31.5 Å². The van der Waals surface area contributed by atoms with Crippen molar-refractivity contribution < 1.29 is 18.0 Å². The van der Waals surface area contributed by atoms with Crippen LogP contribution in [0.3, 0.4) is 0 Å². The fourth-order valence-corrected chi connectivity index (χ4v) is 5.81. The monoisotopic (exact) mass is 620 g/mol. The number of benzene rings is 1. The van der Waals surface area contributed by atoms with E-state index in [1.165, 1.54) is 4.90 Å². The number of nitrogens with zero attached hydrogens (tertiary/aromatic N) is 6. The van der Waals surface area contributed by atoms with Crippen molar-refractivity contribution in [3.63, 3.8) is 0 Å². The number of amides is 1. The summed E-state index contributed by atoms with van der Waals surface area (Å²) < 4.78 is 39.0. The summed E-state index contributed by atoms with van der Waals surface area (Å²) in [6.45, 7) is 4.21. The third kappa shape index (κ3) is 6.50. The molecular formula is C28H29Cl2F3N8O. The van der Waals surface area contributed by atoms with E-state index >= 15 is 0 Å². The summed E-state index contributed by atoms with van der Waals surface area (Å²) in [4.78, 5) is 27.8. The molecular weight excluding hydrogens is 592 g/mol. The SMILES string of the molecule is CC(c1ccnc(Nc2nc3ccc(-c4cnn(CC5CC5(Cl)Cl)c4)cc3[nH]2)c1)N1CCN(C(=O)CC(F)(F)F)CC1. The molecule has 1 aliphatic heterocycles. The summed E-state index contributed by atoms with van der Waals surface area (Å²) in [6.07, 6.45) is 0.367. The molecule has 14 heteroatoms. The Balaban J connectivity index is 1.09. The number of hydrogen-bond acceptors (Lipinski definition) is 6. The maximum atomic E-state index is 12.6. The van der Waals surface area contributed by atoms with Crippen LogP contribution in [0.4, 0.5) is 24.9 Å². The maximum absolute atomic E-state index is 12.6. The number of carbonyl (C=O) groups excluding carboxylic acids is 1. The number of aromatic amines is 1. The van der Waals surface area contributed by atoms with Gasteiger partial charge in [0.05, 0.1) is 17.2 Å². The minimum Gasteiger partial charge on any atom is -0.340 e. The molecule has 2 N–H and O–H groups in total. The highest BCUT2D eigenvalue weighted by Crippen LogP contribution is 2.53. The first-order valence-electron chi connectivity index (χ1n) is 13.7. The van der Waals surface area contributed by atoms with E-state index in [1.54, 1.807) is 6.20 Å².